The summed E-state index contributed by atoms with van der Waals surface area (Å²) in [7, 11) is 0. The SMILES string of the molecule is O=C1C2CCCCC2C(=O)N1c1nn(Cc2ccccc2Cl)cc1Cl. The first kappa shape index (κ1) is 16.6. The summed E-state index contributed by atoms with van der Waals surface area (Å²) in [5.41, 5.74) is 0.891. The van der Waals surface area contributed by atoms with Crippen LogP contribution in [0.15, 0.2) is 30.5 Å². The molecular weight excluding hydrogens is 361 g/mol. The summed E-state index contributed by atoms with van der Waals surface area (Å²) in [5.74, 6) is -0.533. The van der Waals surface area contributed by atoms with E-state index in [0.29, 0.717) is 16.6 Å². The number of fused-ring (bicyclic) bond motifs is 1. The number of hydrogen-bond acceptors (Lipinski definition) is 3. The number of benzene rings is 1. The van der Waals surface area contributed by atoms with Crippen molar-refractivity contribution in [3.8, 4) is 0 Å². The number of carbonyl (C=O) groups excluding carboxylic acids is 2. The summed E-state index contributed by atoms with van der Waals surface area (Å²) in [5, 5.41) is 5.33. The largest absolute Gasteiger partial charge is 0.274 e. The molecule has 2 unspecified atom stereocenters. The van der Waals surface area contributed by atoms with Gasteiger partial charge in [0.1, 0.15) is 5.02 Å². The zero-order valence-corrected chi connectivity index (χ0v) is 15.0. The second-order valence-electron chi connectivity index (χ2n) is 6.60. The van der Waals surface area contributed by atoms with Crippen molar-refractivity contribution in [2.24, 2.45) is 11.8 Å². The zero-order valence-electron chi connectivity index (χ0n) is 13.5. The number of carbonyl (C=O) groups is 2. The molecule has 1 saturated heterocycles. The molecule has 4 rings (SSSR count). The van der Waals surface area contributed by atoms with Gasteiger partial charge in [0.2, 0.25) is 11.8 Å². The van der Waals surface area contributed by atoms with Crippen molar-refractivity contribution in [3.63, 3.8) is 0 Å². The number of anilines is 1. The Hall–Kier alpha value is -1.85. The standard InChI is InChI=1S/C18H17Cl2N3O2/c19-14-8-4-1-5-11(14)9-22-10-15(20)16(21-22)23-17(24)12-6-2-3-7-13(12)18(23)25/h1,4-5,8,10,12-13H,2-3,6-7,9H2. The molecule has 5 nitrogen and oxygen atoms in total. The molecule has 130 valence electrons. The van der Waals surface area contributed by atoms with Gasteiger partial charge in [-0.25, -0.2) is 4.90 Å². The van der Waals surface area contributed by atoms with Gasteiger partial charge in [0.15, 0.2) is 5.82 Å². The Balaban J connectivity index is 1.63. The van der Waals surface area contributed by atoms with Crippen LogP contribution in [0.3, 0.4) is 0 Å². The minimum absolute atomic E-state index is 0.167. The summed E-state index contributed by atoms with van der Waals surface area (Å²) in [6.07, 6.45) is 5.14. The number of halogens is 2. The third-order valence-corrected chi connectivity index (χ3v) is 5.68. The van der Waals surface area contributed by atoms with E-state index in [1.165, 1.54) is 4.90 Å². The van der Waals surface area contributed by atoms with Crippen LogP contribution >= 0.6 is 23.2 Å². The van der Waals surface area contributed by atoms with Crippen molar-refractivity contribution in [1.82, 2.24) is 9.78 Å². The minimum Gasteiger partial charge on any atom is -0.274 e. The van der Waals surface area contributed by atoms with Gasteiger partial charge in [0, 0.05) is 11.2 Å². The van der Waals surface area contributed by atoms with E-state index in [-0.39, 0.29) is 29.5 Å². The average Bonchev–Trinajstić information content (AvgIpc) is 3.08. The van der Waals surface area contributed by atoms with Crippen molar-refractivity contribution in [2.75, 3.05) is 4.90 Å². The fraction of sp³-hybridized carbons (Fsp3) is 0.389. The molecule has 0 N–H and O–H groups in total. The van der Waals surface area contributed by atoms with E-state index in [9.17, 15) is 9.59 Å². The topological polar surface area (TPSA) is 55.2 Å². The van der Waals surface area contributed by atoms with E-state index in [4.69, 9.17) is 23.2 Å². The lowest BCUT2D eigenvalue weighted by Gasteiger charge is -2.19. The first-order valence-electron chi connectivity index (χ1n) is 8.40. The van der Waals surface area contributed by atoms with Crippen molar-refractivity contribution >= 4 is 40.8 Å². The Morgan fingerprint density at radius 3 is 2.28 bits per heavy atom. The molecule has 2 heterocycles. The van der Waals surface area contributed by atoms with E-state index >= 15 is 0 Å². The van der Waals surface area contributed by atoms with E-state index in [2.05, 4.69) is 5.10 Å². The molecule has 2 aromatic rings. The lowest BCUT2D eigenvalue weighted by molar-refractivity contribution is -0.122. The normalized spacial score (nSPS) is 23.2. The summed E-state index contributed by atoms with van der Waals surface area (Å²) in [4.78, 5) is 26.6. The van der Waals surface area contributed by atoms with Gasteiger partial charge in [0.05, 0.1) is 18.4 Å². The number of imide groups is 1. The van der Waals surface area contributed by atoms with Crippen LogP contribution in [0.2, 0.25) is 10.0 Å². The van der Waals surface area contributed by atoms with Crippen LogP contribution in [-0.2, 0) is 16.1 Å². The quantitative estimate of drug-likeness (QED) is 0.761. The van der Waals surface area contributed by atoms with Crippen molar-refractivity contribution in [2.45, 2.75) is 32.2 Å². The maximum Gasteiger partial charge on any atom is 0.238 e. The monoisotopic (exact) mass is 377 g/mol. The van der Waals surface area contributed by atoms with Crippen LogP contribution in [0.5, 0.6) is 0 Å². The molecule has 1 aromatic heterocycles. The number of nitrogens with zero attached hydrogens (tertiary/aromatic N) is 3. The van der Waals surface area contributed by atoms with Crippen LogP contribution in [0.1, 0.15) is 31.2 Å². The number of rotatable bonds is 3. The molecule has 25 heavy (non-hydrogen) atoms. The summed E-state index contributed by atoms with van der Waals surface area (Å²) in [6, 6.07) is 7.46. The van der Waals surface area contributed by atoms with Crippen LogP contribution < -0.4 is 4.90 Å². The predicted octanol–water partition coefficient (Wildman–Crippen LogP) is 3.92. The second kappa shape index (κ2) is 6.46. The number of aromatic nitrogens is 2. The third kappa shape index (κ3) is 2.85. The molecule has 0 bridgehead atoms. The Bertz CT molecular complexity index is 825. The molecule has 1 aliphatic heterocycles. The van der Waals surface area contributed by atoms with E-state index in [1.807, 2.05) is 18.2 Å². The molecular formula is C18H17Cl2N3O2. The molecule has 1 aliphatic carbocycles. The summed E-state index contributed by atoms with van der Waals surface area (Å²) >= 11 is 12.5. The highest BCUT2D eigenvalue weighted by Gasteiger charge is 2.50. The van der Waals surface area contributed by atoms with Gasteiger partial charge in [-0.1, -0.05) is 54.2 Å². The molecule has 2 atom stereocenters. The van der Waals surface area contributed by atoms with Gasteiger partial charge in [-0.2, -0.15) is 5.10 Å². The van der Waals surface area contributed by atoms with Gasteiger partial charge < -0.3 is 0 Å². The van der Waals surface area contributed by atoms with Crippen LogP contribution in [0.25, 0.3) is 0 Å². The fourth-order valence-electron chi connectivity index (χ4n) is 3.79. The lowest BCUT2D eigenvalue weighted by Crippen LogP contribution is -2.31. The van der Waals surface area contributed by atoms with E-state index in [1.54, 1.807) is 16.9 Å². The highest BCUT2D eigenvalue weighted by molar-refractivity contribution is 6.35. The van der Waals surface area contributed by atoms with Crippen LogP contribution in [0, 0.1) is 11.8 Å². The minimum atomic E-state index is -0.217. The maximum absolute atomic E-state index is 12.7. The summed E-state index contributed by atoms with van der Waals surface area (Å²) in [6.45, 7) is 0.419. The molecule has 2 aliphatic rings. The maximum atomic E-state index is 12.7. The van der Waals surface area contributed by atoms with Crippen molar-refractivity contribution in [1.29, 1.82) is 0 Å². The zero-order chi connectivity index (χ0) is 17.6. The molecule has 0 spiro atoms. The van der Waals surface area contributed by atoms with Gasteiger partial charge >= 0.3 is 0 Å². The van der Waals surface area contributed by atoms with E-state index in [0.717, 1.165) is 31.2 Å². The predicted molar refractivity (Wildman–Crippen MR) is 95.7 cm³/mol. The number of hydrogen-bond donors (Lipinski definition) is 0. The van der Waals surface area contributed by atoms with Gasteiger partial charge in [0.25, 0.3) is 0 Å². The molecule has 2 fully saturated rings. The molecule has 2 amide bonds. The average molecular weight is 378 g/mol. The third-order valence-electron chi connectivity index (χ3n) is 5.04. The van der Waals surface area contributed by atoms with Crippen LogP contribution in [0.4, 0.5) is 5.82 Å². The second-order valence-corrected chi connectivity index (χ2v) is 7.41. The Morgan fingerprint density at radius 2 is 1.64 bits per heavy atom. The summed E-state index contributed by atoms with van der Waals surface area (Å²) < 4.78 is 1.61. The first-order valence-corrected chi connectivity index (χ1v) is 9.16. The first-order chi connectivity index (χ1) is 12.1. The number of amides is 2. The Labute approximate surface area is 155 Å². The smallest absolute Gasteiger partial charge is 0.238 e. The van der Waals surface area contributed by atoms with Gasteiger partial charge in [-0.3, -0.25) is 14.3 Å². The molecule has 1 aromatic carbocycles. The highest BCUT2D eigenvalue weighted by Crippen LogP contribution is 2.41. The fourth-order valence-corrected chi connectivity index (χ4v) is 4.22. The van der Waals surface area contributed by atoms with Crippen molar-refractivity contribution in [3.05, 3.63) is 46.1 Å². The Morgan fingerprint density at radius 1 is 1.00 bits per heavy atom. The van der Waals surface area contributed by atoms with Crippen LogP contribution in [-0.4, -0.2) is 21.6 Å². The lowest BCUT2D eigenvalue weighted by atomic mass is 9.81. The van der Waals surface area contributed by atoms with Gasteiger partial charge in [-0.05, 0) is 24.5 Å². The van der Waals surface area contributed by atoms with Gasteiger partial charge in [-0.15, -0.1) is 0 Å². The highest BCUT2D eigenvalue weighted by atomic mass is 35.5. The van der Waals surface area contributed by atoms with E-state index < -0.39 is 0 Å². The Kier molecular flexibility index (Phi) is 4.29. The van der Waals surface area contributed by atoms with Crippen molar-refractivity contribution < 1.29 is 9.59 Å². The molecule has 0 radical (unpaired) electrons. The molecule has 1 saturated carbocycles. The molecule has 7 heteroatoms.